The van der Waals surface area contributed by atoms with E-state index in [9.17, 15) is 8.42 Å². The predicted molar refractivity (Wildman–Crippen MR) is 99.9 cm³/mol. The molecule has 0 atom stereocenters. The molecule has 1 aliphatic heterocycles. The predicted octanol–water partition coefficient (Wildman–Crippen LogP) is 3.88. The number of nitrogens with one attached hydrogen (secondary N) is 1. The number of sulfonamides is 1. The molecule has 7 nitrogen and oxygen atoms in total. The summed E-state index contributed by atoms with van der Waals surface area (Å²) >= 11 is 6.18. The van der Waals surface area contributed by atoms with E-state index in [0.29, 0.717) is 36.3 Å². The van der Waals surface area contributed by atoms with Crippen molar-refractivity contribution in [2.24, 2.45) is 0 Å². The molecule has 0 saturated carbocycles. The van der Waals surface area contributed by atoms with Crippen LogP contribution in [-0.4, -0.2) is 26.6 Å². The van der Waals surface area contributed by atoms with Gasteiger partial charge in [0.05, 0.1) is 15.6 Å². The van der Waals surface area contributed by atoms with Crippen molar-refractivity contribution < 1.29 is 22.3 Å². The first kappa shape index (κ1) is 17.7. The maximum Gasteiger partial charge on any atom is 0.261 e. The molecule has 0 aliphatic carbocycles. The summed E-state index contributed by atoms with van der Waals surface area (Å²) in [6.07, 6.45) is 1.52. The lowest BCUT2D eigenvalue weighted by Gasteiger charge is -2.20. The minimum absolute atomic E-state index is 0.0948. The van der Waals surface area contributed by atoms with E-state index in [-0.39, 0.29) is 15.6 Å². The number of rotatable bonds is 4. The molecule has 0 fully saturated rings. The van der Waals surface area contributed by atoms with Crippen LogP contribution >= 0.6 is 11.6 Å². The summed E-state index contributed by atoms with van der Waals surface area (Å²) in [5, 5.41) is 0.220. The quantitative estimate of drug-likeness (QED) is 0.707. The summed E-state index contributed by atoms with van der Waals surface area (Å²) in [5.74, 6) is 1.47. The van der Waals surface area contributed by atoms with E-state index in [1.165, 1.54) is 30.5 Å². The highest BCUT2D eigenvalue weighted by Crippen LogP contribution is 2.38. The minimum atomic E-state index is -3.83. The summed E-state index contributed by atoms with van der Waals surface area (Å²) in [7, 11) is -3.83. The summed E-state index contributed by atoms with van der Waals surface area (Å²) in [5.41, 5.74) is 1.61. The zero-order chi connectivity index (χ0) is 19.0. The SMILES string of the molecule is Cc1nc(-c2ccc(S(=O)(=O)Nc3cc4c(cc3Cl)OCCO4)cc2)co1. The van der Waals surface area contributed by atoms with Gasteiger partial charge >= 0.3 is 0 Å². The normalized spacial score (nSPS) is 13.4. The first-order chi connectivity index (χ1) is 12.9. The zero-order valence-electron chi connectivity index (χ0n) is 14.2. The number of fused-ring (bicyclic) bond motifs is 1. The van der Waals surface area contributed by atoms with E-state index < -0.39 is 10.0 Å². The van der Waals surface area contributed by atoms with Crippen LogP contribution in [0.25, 0.3) is 11.3 Å². The second-order valence-electron chi connectivity index (χ2n) is 5.86. The van der Waals surface area contributed by atoms with Gasteiger partial charge in [0.1, 0.15) is 25.2 Å². The van der Waals surface area contributed by atoms with Gasteiger partial charge in [0.15, 0.2) is 17.4 Å². The van der Waals surface area contributed by atoms with Gasteiger partial charge in [0.25, 0.3) is 10.0 Å². The maximum absolute atomic E-state index is 12.7. The van der Waals surface area contributed by atoms with Crippen LogP contribution in [0.15, 0.2) is 52.0 Å². The van der Waals surface area contributed by atoms with Crippen molar-refractivity contribution in [3.8, 4) is 22.8 Å². The number of anilines is 1. The van der Waals surface area contributed by atoms with Gasteiger partial charge in [-0.15, -0.1) is 0 Å². The van der Waals surface area contributed by atoms with Crippen molar-refractivity contribution in [1.82, 2.24) is 4.98 Å². The molecule has 1 N–H and O–H groups in total. The lowest BCUT2D eigenvalue weighted by atomic mass is 10.2. The lowest BCUT2D eigenvalue weighted by molar-refractivity contribution is 0.171. The van der Waals surface area contributed by atoms with Gasteiger partial charge in [-0.3, -0.25) is 4.72 Å². The summed E-state index contributed by atoms with van der Waals surface area (Å²) in [6, 6.07) is 9.36. The largest absolute Gasteiger partial charge is 0.486 e. The number of halogens is 1. The Morgan fingerprint density at radius 3 is 2.37 bits per heavy atom. The molecule has 2 aromatic carbocycles. The van der Waals surface area contributed by atoms with Crippen molar-refractivity contribution in [1.29, 1.82) is 0 Å². The molecule has 3 aromatic rings. The van der Waals surface area contributed by atoms with Crippen molar-refractivity contribution in [2.75, 3.05) is 17.9 Å². The number of aromatic nitrogens is 1. The van der Waals surface area contributed by atoms with Crippen LogP contribution in [0.3, 0.4) is 0 Å². The number of oxazole rings is 1. The first-order valence-corrected chi connectivity index (χ1v) is 9.93. The fraction of sp³-hybridized carbons (Fsp3) is 0.167. The number of ether oxygens (including phenoxy) is 2. The molecule has 0 bridgehead atoms. The lowest BCUT2D eigenvalue weighted by Crippen LogP contribution is -2.17. The van der Waals surface area contributed by atoms with Gasteiger partial charge in [-0.05, 0) is 12.1 Å². The Labute approximate surface area is 160 Å². The van der Waals surface area contributed by atoms with Gasteiger partial charge < -0.3 is 13.9 Å². The van der Waals surface area contributed by atoms with Gasteiger partial charge in [-0.25, -0.2) is 13.4 Å². The van der Waals surface area contributed by atoms with Crippen LogP contribution in [0, 0.1) is 6.92 Å². The molecule has 1 aliphatic rings. The second-order valence-corrected chi connectivity index (χ2v) is 7.95. The molecular formula is C18H15ClN2O5S. The van der Waals surface area contributed by atoms with Crippen LogP contribution in [-0.2, 0) is 10.0 Å². The van der Waals surface area contributed by atoms with E-state index in [4.69, 9.17) is 25.5 Å². The van der Waals surface area contributed by atoms with Gasteiger partial charge in [-0.2, -0.15) is 0 Å². The standard InChI is InChI=1S/C18H15ClN2O5S/c1-11-20-16(10-26-11)12-2-4-13(5-3-12)27(22,23)21-15-9-18-17(8-14(15)19)24-6-7-25-18/h2-5,8-10,21H,6-7H2,1H3. The molecular weight excluding hydrogens is 392 g/mol. The summed E-state index contributed by atoms with van der Waals surface area (Å²) in [6.45, 7) is 2.55. The highest BCUT2D eigenvalue weighted by Gasteiger charge is 2.20. The molecule has 27 heavy (non-hydrogen) atoms. The third-order valence-corrected chi connectivity index (χ3v) is 5.65. The molecule has 1 aromatic heterocycles. The van der Waals surface area contributed by atoms with Crippen molar-refractivity contribution in [3.05, 3.63) is 53.6 Å². The zero-order valence-corrected chi connectivity index (χ0v) is 15.8. The Morgan fingerprint density at radius 2 is 1.74 bits per heavy atom. The minimum Gasteiger partial charge on any atom is -0.486 e. The highest BCUT2D eigenvalue weighted by atomic mass is 35.5. The molecule has 2 heterocycles. The highest BCUT2D eigenvalue weighted by molar-refractivity contribution is 7.92. The van der Waals surface area contributed by atoms with Crippen LogP contribution in [0.4, 0.5) is 5.69 Å². The van der Waals surface area contributed by atoms with Gasteiger partial charge in [0, 0.05) is 24.6 Å². The van der Waals surface area contributed by atoms with Crippen LogP contribution in [0.1, 0.15) is 5.89 Å². The summed E-state index contributed by atoms with van der Waals surface area (Å²) in [4.78, 5) is 4.31. The molecule has 0 unspecified atom stereocenters. The fourth-order valence-electron chi connectivity index (χ4n) is 2.65. The average Bonchev–Trinajstić information content (AvgIpc) is 3.09. The van der Waals surface area contributed by atoms with Crippen LogP contribution in [0.5, 0.6) is 11.5 Å². The smallest absolute Gasteiger partial charge is 0.261 e. The van der Waals surface area contributed by atoms with Crippen molar-refractivity contribution in [2.45, 2.75) is 11.8 Å². The monoisotopic (exact) mass is 406 g/mol. The number of aryl methyl sites for hydroxylation is 1. The molecule has 140 valence electrons. The summed E-state index contributed by atoms with van der Waals surface area (Å²) < 4.78 is 44.0. The van der Waals surface area contributed by atoms with E-state index in [0.717, 1.165) is 5.56 Å². The number of nitrogens with zero attached hydrogens (tertiary/aromatic N) is 1. The topological polar surface area (TPSA) is 90.7 Å². The first-order valence-electron chi connectivity index (χ1n) is 8.07. The number of benzene rings is 2. The van der Waals surface area contributed by atoms with Crippen LogP contribution in [0.2, 0.25) is 5.02 Å². The molecule has 4 rings (SSSR count). The molecule has 9 heteroatoms. The van der Waals surface area contributed by atoms with E-state index in [1.54, 1.807) is 19.1 Å². The second kappa shape index (κ2) is 6.79. The Hall–Kier alpha value is -2.71. The maximum atomic E-state index is 12.7. The van der Waals surface area contributed by atoms with E-state index in [2.05, 4.69) is 9.71 Å². The van der Waals surface area contributed by atoms with Crippen molar-refractivity contribution >= 4 is 27.3 Å². The third kappa shape index (κ3) is 3.58. The Bertz CT molecular complexity index is 1090. The Kier molecular flexibility index (Phi) is 4.45. The fourth-order valence-corrected chi connectivity index (χ4v) is 3.97. The van der Waals surface area contributed by atoms with Gasteiger partial charge in [-0.1, -0.05) is 23.7 Å². The average molecular weight is 407 g/mol. The van der Waals surface area contributed by atoms with Crippen molar-refractivity contribution in [3.63, 3.8) is 0 Å². The van der Waals surface area contributed by atoms with E-state index >= 15 is 0 Å². The molecule has 0 amide bonds. The Balaban J connectivity index is 1.60. The number of hydrogen-bond donors (Lipinski definition) is 1. The molecule has 0 radical (unpaired) electrons. The molecule has 0 saturated heterocycles. The van der Waals surface area contributed by atoms with Gasteiger partial charge in [0.2, 0.25) is 0 Å². The van der Waals surface area contributed by atoms with E-state index in [1.807, 2.05) is 0 Å². The number of hydrogen-bond acceptors (Lipinski definition) is 6. The Morgan fingerprint density at radius 1 is 1.07 bits per heavy atom. The third-order valence-electron chi connectivity index (χ3n) is 3.96. The molecule has 0 spiro atoms. The van der Waals surface area contributed by atoms with Crippen LogP contribution < -0.4 is 14.2 Å².